The van der Waals surface area contributed by atoms with Gasteiger partial charge in [0.1, 0.15) is 0 Å². The summed E-state index contributed by atoms with van der Waals surface area (Å²) in [5.41, 5.74) is 2.78. The average Bonchev–Trinajstić information content (AvgIpc) is 2.28. The molecule has 0 aromatic rings. The Kier molecular flexibility index (Phi) is 5.16. The second kappa shape index (κ2) is 6.18. The Balaban J connectivity index is 2.77. The van der Waals surface area contributed by atoms with Gasteiger partial charge in [-0.1, -0.05) is 25.3 Å². The molecule has 0 spiro atoms. The molecule has 1 saturated carbocycles. The summed E-state index contributed by atoms with van der Waals surface area (Å²) in [4.78, 5) is 0. The van der Waals surface area contributed by atoms with Crippen molar-refractivity contribution < 1.29 is 10.2 Å². The van der Waals surface area contributed by atoms with Crippen LogP contribution in [0, 0.1) is 5.92 Å². The van der Waals surface area contributed by atoms with Crippen molar-refractivity contribution in [1.82, 2.24) is 0 Å². The van der Waals surface area contributed by atoms with Crippen LogP contribution in [-0.4, -0.2) is 22.4 Å². The molecule has 0 radical (unpaired) electrons. The number of rotatable bonds is 1. The van der Waals surface area contributed by atoms with Gasteiger partial charge in [0.2, 0.25) is 0 Å². The predicted molar refractivity (Wildman–Crippen MR) is 71.7 cm³/mol. The molecule has 1 rings (SSSR count). The summed E-state index contributed by atoms with van der Waals surface area (Å²) in [6.07, 6.45) is 2.72. The number of hydrogen-bond donors (Lipinski definition) is 2. The van der Waals surface area contributed by atoms with E-state index in [0.717, 1.165) is 29.6 Å². The second-order valence-corrected chi connectivity index (χ2v) is 5.20. The van der Waals surface area contributed by atoms with Crippen molar-refractivity contribution in [2.24, 2.45) is 5.92 Å². The van der Waals surface area contributed by atoms with Crippen LogP contribution in [0.4, 0.5) is 0 Å². The number of hydrogen-bond acceptors (Lipinski definition) is 2. The molecule has 1 aliphatic rings. The normalized spacial score (nSPS) is 32.3. The summed E-state index contributed by atoms with van der Waals surface area (Å²) in [5.74, 6) is 0.281. The standard InChI is InChI=1S/C15H24O2/c1-10(2)13-7-5-11(3)14(16)8-6-12(4)15(17)9-13/h13-17H,1,3-9H2,2H3/t13-,14?,15-/m0/s1. The molecule has 96 valence electrons. The zero-order valence-corrected chi connectivity index (χ0v) is 10.8. The molecular formula is C15H24O2. The summed E-state index contributed by atoms with van der Waals surface area (Å²) in [7, 11) is 0. The van der Waals surface area contributed by atoms with E-state index in [0.29, 0.717) is 19.3 Å². The van der Waals surface area contributed by atoms with Gasteiger partial charge < -0.3 is 10.2 Å². The van der Waals surface area contributed by atoms with E-state index in [1.807, 2.05) is 6.92 Å². The van der Waals surface area contributed by atoms with E-state index in [2.05, 4.69) is 19.7 Å². The van der Waals surface area contributed by atoms with Gasteiger partial charge in [-0.2, -0.15) is 0 Å². The molecule has 3 atom stereocenters. The van der Waals surface area contributed by atoms with Gasteiger partial charge in [-0.3, -0.25) is 0 Å². The van der Waals surface area contributed by atoms with Crippen LogP contribution in [0.25, 0.3) is 0 Å². The van der Waals surface area contributed by atoms with Crippen molar-refractivity contribution in [3.63, 3.8) is 0 Å². The van der Waals surface area contributed by atoms with E-state index in [1.165, 1.54) is 0 Å². The Morgan fingerprint density at radius 1 is 1.06 bits per heavy atom. The minimum Gasteiger partial charge on any atom is -0.389 e. The summed E-state index contributed by atoms with van der Waals surface area (Å²) < 4.78 is 0. The molecule has 2 nitrogen and oxygen atoms in total. The van der Waals surface area contributed by atoms with Crippen LogP contribution in [0.5, 0.6) is 0 Å². The molecule has 17 heavy (non-hydrogen) atoms. The van der Waals surface area contributed by atoms with Gasteiger partial charge in [0.15, 0.2) is 0 Å². The van der Waals surface area contributed by atoms with E-state index in [9.17, 15) is 10.2 Å². The van der Waals surface area contributed by atoms with Gasteiger partial charge in [-0.15, -0.1) is 0 Å². The first-order valence-electron chi connectivity index (χ1n) is 6.28. The van der Waals surface area contributed by atoms with Gasteiger partial charge in [-0.05, 0) is 56.1 Å². The van der Waals surface area contributed by atoms with Crippen molar-refractivity contribution in [2.45, 2.75) is 51.2 Å². The third kappa shape index (κ3) is 4.14. The SMILES string of the molecule is C=C1CC[C@H](C(=C)C)C[C@H](O)C(=C)CCC1O. The van der Waals surface area contributed by atoms with E-state index in [-0.39, 0.29) is 5.92 Å². The van der Waals surface area contributed by atoms with Crippen LogP contribution >= 0.6 is 0 Å². The fourth-order valence-corrected chi connectivity index (χ4v) is 2.22. The molecule has 0 aromatic heterocycles. The van der Waals surface area contributed by atoms with Gasteiger partial charge >= 0.3 is 0 Å². The maximum atomic E-state index is 10.0. The maximum absolute atomic E-state index is 10.0. The first-order chi connectivity index (χ1) is 7.91. The molecule has 1 fully saturated rings. The van der Waals surface area contributed by atoms with Crippen LogP contribution in [-0.2, 0) is 0 Å². The highest BCUT2D eigenvalue weighted by Gasteiger charge is 2.21. The average molecular weight is 236 g/mol. The topological polar surface area (TPSA) is 40.5 Å². The minimum atomic E-state index is -0.477. The molecule has 0 aromatic carbocycles. The summed E-state index contributed by atoms with van der Waals surface area (Å²) in [6, 6.07) is 0. The van der Waals surface area contributed by atoms with Crippen LogP contribution in [0.1, 0.15) is 39.0 Å². The van der Waals surface area contributed by atoms with Crippen LogP contribution in [0.3, 0.4) is 0 Å². The first kappa shape index (κ1) is 14.2. The Labute approximate surface area is 104 Å². The molecular weight excluding hydrogens is 212 g/mol. The van der Waals surface area contributed by atoms with Crippen molar-refractivity contribution in [1.29, 1.82) is 0 Å². The van der Waals surface area contributed by atoms with Gasteiger partial charge in [0, 0.05) is 0 Å². The van der Waals surface area contributed by atoms with Crippen LogP contribution < -0.4 is 0 Å². The Bertz CT molecular complexity index is 317. The lowest BCUT2D eigenvalue weighted by molar-refractivity contribution is 0.157. The van der Waals surface area contributed by atoms with Crippen molar-refractivity contribution in [3.05, 3.63) is 36.5 Å². The number of allylic oxidation sites excluding steroid dienone is 1. The third-order valence-electron chi connectivity index (χ3n) is 3.70. The largest absolute Gasteiger partial charge is 0.389 e. The van der Waals surface area contributed by atoms with E-state index in [1.54, 1.807) is 0 Å². The van der Waals surface area contributed by atoms with Gasteiger partial charge in [-0.25, -0.2) is 0 Å². The molecule has 2 heteroatoms. The Hall–Kier alpha value is -0.860. The van der Waals surface area contributed by atoms with Crippen molar-refractivity contribution in [3.8, 4) is 0 Å². The zero-order valence-electron chi connectivity index (χ0n) is 10.8. The molecule has 0 saturated heterocycles. The number of aliphatic hydroxyl groups is 2. The van der Waals surface area contributed by atoms with Gasteiger partial charge in [0.25, 0.3) is 0 Å². The fraction of sp³-hybridized carbons (Fsp3) is 0.600. The highest BCUT2D eigenvalue weighted by Crippen LogP contribution is 2.29. The summed E-state index contributed by atoms with van der Waals surface area (Å²) >= 11 is 0. The van der Waals surface area contributed by atoms with Gasteiger partial charge in [0.05, 0.1) is 12.2 Å². The molecule has 1 unspecified atom stereocenters. The zero-order chi connectivity index (χ0) is 13.0. The second-order valence-electron chi connectivity index (χ2n) is 5.20. The molecule has 0 amide bonds. The van der Waals surface area contributed by atoms with Crippen molar-refractivity contribution in [2.75, 3.05) is 0 Å². The van der Waals surface area contributed by atoms with E-state index in [4.69, 9.17) is 0 Å². The highest BCUT2D eigenvalue weighted by atomic mass is 16.3. The molecule has 2 N–H and O–H groups in total. The summed E-state index contributed by atoms with van der Waals surface area (Å²) in [5, 5.41) is 19.9. The predicted octanol–water partition coefficient (Wildman–Crippen LogP) is 2.98. The summed E-state index contributed by atoms with van der Waals surface area (Å²) in [6.45, 7) is 13.8. The molecule has 0 bridgehead atoms. The molecule has 0 heterocycles. The quantitative estimate of drug-likeness (QED) is 0.687. The monoisotopic (exact) mass is 236 g/mol. The number of aliphatic hydroxyl groups excluding tert-OH is 2. The molecule has 0 aliphatic heterocycles. The van der Waals surface area contributed by atoms with E-state index < -0.39 is 12.2 Å². The lowest BCUT2D eigenvalue weighted by atomic mass is 9.84. The van der Waals surface area contributed by atoms with Crippen molar-refractivity contribution >= 4 is 0 Å². The lowest BCUT2D eigenvalue weighted by Crippen LogP contribution is -2.21. The smallest absolute Gasteiger partial charge is 0.0753 e. The maximum Gasteiger partial charge on any atom is 0.0753 e. The Morgan fingerprint density at radius 3 is 2.18 bits per heavy atom. The fourth-order valence-electron chi connectivity index (χ4n) is 2.22. The van der Waals surface area contributed by atoms with E-state index >= 15 is 0 Å². The van der Waals surface area contributed by atoms with Crippen LogP contribution in [0.2, 0.25) is 0 Å². The minimum absolute atomic E-state index is 0.281. The Morgan fingerprint density at radius 2 is 1.59 bits per heavy atom. The third-order valence-corrected chi connectivity index (χ3v) is 3.70. The van der Waals surface area contributed by atoms with Crippen LogP contribution in [0.15, 0.2) is 36.5 Å². The molecule has 1 aliphatic carbocycles. The first-order valence-corrected chi connectivity index (χ1v) is 6.28. The highest BCUT2D eigenvalue weighted by molar-refractivity contribution is 5.11. The lowest BCUT2D eigenvalue weighted by Gasteiger charge is -2.26.